The van der Waals surface area contributed by atoms with Crippen LogP contribution in [0.25, 0.3) is 0 Å². The van der Waals surface area contributed by atoms with E-state index in [1.807, 2.05) is 12.1 Å². The highest BCUT2D eigenvalue weighted by Gasteiger charge is 2.40. The Bertz CT molecular complexity index is 606. The molecule has 1 spiro atoms. The van der Waals surface area contributed by atoms with Crippen molar-refractivity contribution in [2.75, 3.05) is 5.32 Å². The van der Waals surface area contributed by atoms with E-state index in [4.69, 9.17) is 0 Å². The van der Waals surface area contributed by atoms with Gasteiger partial charge in [0, 0.05) is 31.4 Å². The standard InChI is InChI=1S/C14H17NO.C4H6O4/c16-13-10-14(8-4-1-5-9-14)11-6-2-3-7-12(11)15-13;1-3(5)7-8-4(2)6/h2-3,6-7H,1,4-5,8-10H2,(H,15,16);1-2H3. The molecule has 0 bridgehead atoms. The Morgan fingerprint density at radius 3 is 2.17 bits per heavy atom. The van der Waals surface area contributed by atoms with E-state index < -0.39 is 11.9 Å². The lowest BCUT2D eigenvalue weighted by Crippen LogP contribution is -2.38. The number of para-hydroxylation sites is 1. The minimum absolute atomic E-state index is 0.150. The molecule has 1 N–H and O–H groups in total. The van der Waals surface area contributed by atoms with Gasteiger partial charge in [-0.2, -0.15) is 0 Å². The summed E-state index contributed by atoms with van der Waals surface area (Å²) in [5.41, 5.74) is 2.56. The van der Waals surface area contributed by atoms with Gasteiger partial charge >= 0.3 is 11.9 Å². The molecule has 1 heterocycles. The van der Waals surface area contributed by atoms with Crippen molar-refractivity contribution in [2.45, 2.75) is 57.8 Å². The molecular weight excluding hydrogens is 310 g/mol. The molecule has 2 aliphatic rings. The zero-order valence-electron chi connectivity index (χ0n) is 14.1. The molecule has 1 aromatic rings. The van der Waals surface area contributed by atoms with E-state index in [0.29, 0.717) is 6.42 Å². The minimum Gasteiger partial charge on any atom is -0.326 e. The van der Waals surface area contributed by atoms with E-state index in [2.05, 4.69) is 27.2 Å². The molecule has 0 radical (unpaired) electrons. The number of hydrogen-bond acceptors (Lipinski definition) is 5. The Hall–Kier alpha value is -2.37. The summed E-state index contributed by atoms with van der Waals surface area (Å²) >= 11 is 0. The van der Waals surface area contributed by atoms with Gasteiger partial charge in [0.05, 0.1) is 0 Å². The van der Waals surface area contributed by atoms with Crippen LogP contribution in [0, 0.1) is 0 Å². The van der Waals surface area contributed by atoms with Crippen LogP contribution in [-0.2, 0) is 29.6 Å². The lowest BCUT2D eigenvalue weighted by Gasteiger charge is -2.41. The van der Waals surface area contributed by atoms with E-state index in [-0.39, 0.29) is 11.3 Å². The average Bonchev–Trinajstić information content (AvgIpc) is 2.54. The topological polar surface area (TPSA) is 81.7 Å². The van der Waals surface area contributed by atoms with Crippen LogP contribution >= 0.6 is 0 Å². The van der Waals surface area contributed by atoms with E-state index in [1.165, 1.54) is 37.7 Å². The fourth-order valence-corrected chi connectivity index (χ4v) is 3.44. The maximum absolute atomic E-state index is 11.8. The number of amides is 1. The second-order valence-electron chi connectivity index (χ2n) is 6.26. The van der Waals surface area contributed by atoms with Crippen molar-refractivity contribution in [3.63, 3.8) is 0 Å². The molecule has 1 saturated carbocycles. The predicted molar refractivity (Wildman–Crippen MR) is 88.0 cm³/mol. The monoisotopic (exact) mass is 333 g/mol. The molecular formula is C18H23NO5. The smallest absolute Gasteiger partial charge is 0.326 e. The van der Waals surface area contributed by atoms with Crippen LogP contribution in [0.3, 0.4) is 0 Å². The van der Waals surface area contributed by atoms with Gasteiger partial charge in [-0.05, 0) is 24.5 Å². The number of nitrogens with one attached hydrogen (secondary N) is 1. The van der Waals surface area contributed by atoms with Crippen LogP contribution in [-0.4, -0.2) is 17.8 Å². The van der Waals surface area contributed by atoms with Crippen molar-refractivity contribution < 1.29 is 24.2 Å². The van der Waals surface area contributed by atoms with E-state index in [0.717, 1.165) is 19.5 Å². The van der Waals surface area contributed by atoms with Gasteiger partial charge in [0.1, 0.15) is 0 Å². The van der Waals surface area contributed by atoms with Gasteiger partial charge in [0.2, 0.25) is 5.91 Å². The van der Waals surface area contributed by atoms with Gasteiger partial charge in [-0.25, -0.2) is 19.4 Å². The summed E-state index contributed by atoms with van der Waals surface area (Å²) in [5, 5.41) is 2.99. The fourth-order valence-electron chi connectivity index (χ4n) is 3.44. The van der Waals surface area contributed by atoms with Gasteiger partial charge in [-0.1, -0.05) is 37.5 Å². The van der Waals surface area contributed by atoms with Crippen LogP contribution in [0.5, 0.6) is 0 Å². The van der Waals surface area contributed by atoms with Crippen molar-refractivity contribution in [1.29, 1.82) is 0 Å². The number of hydrogen-bond donors (Lipinski definition) is 1. The van der Waals surface area contributed by atoms with E-state index in [1.54, 1.807) is 0 Å². The first-order valence-electron chi connectivity index (χ1n) is 8.18. The lowest BCUT2D eigenvalue weighted by atomic mass is 9.65. The third-order valence-corrected chi connectivity index (χ3v) is 4.36. The van der Waals surface area contributed by atoms with Gasteiger partial charge in [0.25, 0.3) is 0 Å². The summed E-state index contributed by atoms with van der Waals surface area (Å²) in [6.07, 6.45) is 6.90. The molecule has 0 aromatic heterocycles. The second-order valence-corrected chi connectivity index (χ2v) is 6.26. The molecule has 1 amide bonds. The Balaban J connectivity index is 0.000000224. The molecule has 6 heteroatoms. The second kappa shape index (κ2) is 7.95. The Morgan fingerprint density at radius 2 is 1.58 bits per heavy atom. The zero-order valence-corrected chi connectivity index (χ0v) is 14.1. The number of anilines is 1. The summed E-state index contributed by atoms with van der Waals surface area (Å²) < 4.78 is 0. The highest BCUT2D eigenvalue weighted by Crippen LogP contribution is 2.47. The molecule has 24 heavy (non-hydrogen) atoms. The van der Waals surface area contributed by atoms with Gasteiger partial charge < -0.3 is 5.32 Å². The number of benzene rings is 1. The van der Waals surface area contributed by atoms with Gasteiger partial charge in [-0.3, -0.25) is 4.79 Å². The molecule has 1 aromatic carbocycles. The SMILES string of the molecule is CC(=O)OOC(C)=O.O=C1CC2(CCCCC2)c2ccccc2N1. The molecule has 3 rings (SSSR count). The minimum atomic E-state index is -0.639. The fraction of sp³-hybridized carbons (Fsp3) is 0.500. The number of fused-ring (bicyclic) bond motifs is 2. The van der Waals surface area contributed by atoms with Gasteiger partial charge in [-0.15, -0.1) is 0 Å². The highest BCUT2D eigenvalue weighted by atomic mass is 17.2. The number of rotatable bonds is 0. The number of carbonyl (C=O) groups excluding carboxylic acids is 3. The average molecular weight is 333 g/mol. The zero-order chi connectivity index (χ0) is 17.6. The van der Waals surface area contributed by atoms with Crippen molar-refractivity contribution in [3.05, 3.63) is 29.8 Å². The third-order valence-electron chi connectivity index (χ3n) is 4.36. The Kier molecular flexibility index (Phi) is 5.95. The molecule has 1 aliphatic heterocycles. The van der Waals surface area contributed by atoms with Crippen LogP contribution in [0.2, 0.25) is 0 Å². The first kappa shape index (κ1) is 18.0. The molecule has 130 valence electrons. The first-order valence-corrected chi connectivity index (χ1v) is 8.18. The number of carbonyl (C=O) groups is 3. The van der Waals surface area contributed by atoms with E-state index in [9.17, 15) is 14.4 Å². The predicted octanol–water partition coefficient (Wildman–Crippen LogP) is 3.26. The normalized spacial score (nSPS) is 17.7. The largest absolute Gasteiger partial charge is 0.352 e. The van der Waals surface area contributed by atoms with Crippen molar-refractivity contribution in [1.82, 2.24) is 0 Å². The van der Waals surface area contributed by atoms with Crippen LogP contribution < -0.4 is 5.32 Å². The molecule has 0 atom stereocenters. The molecule has 1 aliphatic carbocycles. The summed E-state index contributed by atoms with van der Waals surface area (Å²) in [6.45, 7) is 2.28. The highest BCUT2D eigenvalue weighted by molar-refractivity contribution is 5.95. The molecule has 0 saturated heterocycles. The van der Waals surface area contributed by atoms with Gasteiger partial charge in [0.15, 0.2) is 0 Å². The Morgan fingerprint density at radius 1 is 1.00 bits per heavy atom. The first-order chi connectivity index (χ1) is 11.4. The summed E-state index contributed by atoms with van der Waals surface area (Å²) in [6, 6.07) is 8.32. The van der Waals surface area contributed by atoms with Crippen LogP contribution in [0.1, 0.15) is 57.9 Å². The third kappa shape index (κ3) is 4.57. The quantitative estimate of drug-likeness (QED) is 0.582. The molecule has 1 fully saturated rings. The van der Waals surface area contributed by atoms with Crippen molar-refractivity contribution in [2.24, 2.45) is 0 Å². The van der Waals surface area contributed by atoms with Crippen molar-refractivity contribution >= 4 is 23.5 Å². The summed E-state index contributed by atoms with van der Waals surface area (Å²) in [5.74, 6) is -1.08. The summed E-state index contributed by atoms with van der Waals surface area (Å²) in [7, 11) is 0. The van der Waals surface area contributed by atoms with Crippen molar-refractivity contribution in [3.8, 4) is 0 Å². The maximum Gasteiger partial charge on any atom is 0.352 e. The molecule has 6 nitrogen and oxygen atoms in total. The lowest BCUT2D eigenvalue weighted by molar-refractivity contribution is -0.255. The molecule has 0 unspecified atom stereocenters. The summed E-state index contributed by atoms with van der Waals surface area (Å²) in [4.78, 5) is 39.1. The van der Waals surface area contributed by atoms with Crippen LogP contribution in [0.4, 0.5) is 5.69 Å². The van der Waals surface area contributed by atoms with E-state index >= 15 is 0 Å². The maximum atomic E-state index is 11.8. The Labute approximate surface area is 141 Å². The van der Waals surface area contributed by atoms with Crippen LogP contribution in [0.15, 0.2) is 24.3 Å².